The summed E-state index contributed by atoms with van der Waals surface area (Å²) >= 11 is 0. The maximum absolute atomic E-state index is 9.39. The number of aliphatic hydroxyl groups excluding tert-OH is 1. The minimum absolute atomic E-state index is 0.142. The summed E-state index contributed by atoms with van der Waals surface area (Å²) in [5, 5.41) is 9.39. The van der Waals surface area contributed by atoms with E-state index in [9.17, 15) is 5.11 Å². The topological polar surface area (TPSA) is 20.2 Å². The number of rotatable bonds is 0. The Bertz CT molecular complexity index is 195. The predicted molar refractivity (Wildman–Crippen MR) is 45.3 cm³/mol. The molecule has 0 heterocycles. The van der Waals surface area contributed by atoms with Gasteiger partial charge in [-0.1, -0.05) is 18.6 Å². The van der Waals surface area contributed by atoms with Crippen LogP contribution in [0.2, 0.25) is 0 Å². The van der Waals surface area contributed by atoms with Crippen LogP contribution in [0.25, 0.3) is 0 Å². The summed E-state index contributed by atoms with van der Waals surface area (Å²) in [7, 11) is 0. The summed E-state index contributed by atoms with van der Waals surface area (Å²) < 4.78 is 0. The lowest BCUT2D eigenvalue weighted by Gasteiger charge is -2.31. The molecule has 2 atom stereocenters. The highest BCUT2D eigenvalue weighted by atomic mass is 16.3. The van der Waals surface area contributed by atoms with Gasteiger partial charge in [-0.15, -0.1) is 0 Å². The molecule has 2 rings (SSSR count). The number of aliphatic hydroxyl groups is 1. The zero-order valence-electron chi connectivity index (χ0n) is 7.14. The lowest BCUT2D eigenvalue weighted by molar-refractivity contribution is 0.171. The first kappa shape index (κ1) is 7.35. The Labute approximate surface area is 68.1 Å². The first-order chi connectivity index (χ1) is 5.21. The lowest BCUT2D eigenvalue weighted by atomic mass is 9.75. The van der Waals surface area contributed by atoms with Crippen LogP contribution in [0.5, 0.6) is 0 Å². The van der Waals surface area contributed by atoms with E-state index in [1.807, 2.05) is 0 Å². The third-order valence-corrected chi connectivity index (χ3v) is 3.34. The van der Waals surface area contributed by atoms with Crippen molar-refractivity contribution < 1.29 is 5.11 Å². The van der Waals surface area contributed by atoms with Gasteiger partial charge in [-0.05, 0) is 37.5 Å². The highest BCUT2D eigenvalue weighted by molar-refractivity contribution is 5.22. The standard InChI is InChI=1S/C10H16O/c1-10-5-2-3-8(10)7-9(11)4-6-10/h7,9,11H,2-6H2,1H3. The second-order valence-corrected chi connectivity index (χ2v) is 4.21. The third kappa shape index (κ3) is 1.12. The smallest absolute Gasteiger partial charge is 0.0724 e. The van der Waals surface area contributed by atoms with Crippen molar-refractivity contribution in [1.29, 1.82) is 0 Å². The summed E-state index contributed by atoms with van der Waals surface area (Å²) in [6.07, 6.45) is 8.01. The summed E-state index contributed by atoms with van der Waals surface area (Å²) in [6, 6.07) is 0. The molecule has 62 valence electrons. The van der Waals surface area contributed by atoms with Gasteiger partial charge in [0, 0.05) is 0 Å². The molecule has 0 aromatic carbocycles. The molecule has 2 aliphatic carbocycles. The van der Waals surface area contributed by atoms with Crippen LogP contribution in [0.15, 0.2) is 11.6 Å². The molecule has 1 N–H and O–H groups in total. The molecule has 0 radical (unpaired) electrons. The van der Waals surface area contributed by atoms with Gasteiger partial charge in [-0.2, -0.15) is 0 Å². The van der Waals surface area contributed by atoms with Crippen molar-refractivity contribution in [3.8, 4) is 0 Å². The van der Waals surface area contributed by atoms with Crippen molar-refractivity contribution in [2.45, 2.75) is 45.1 Å². The monoisotopic (exact) mass is 152 g/mol. The van der Waals surface area contributed by atoms with Gasteiger partial charge < -0.3 is 5.11 Å². The van der Waals surface area contributed by atoms with Crippen LogP contribution in [0.3, 0.4) is 0 Å². The minimum Gasteiger partial charge on any atom is -0.389 e. The van der Waals surface area contributed by atoms with Crippen molar-refractivity contribution in [3.05, 3.63) is 11.6 Å². The van der Waals surface area contributed by atoms with E-state index in [2.05, 4.69) is 13.0 Å². The van der Waals surface area contributed by atoms with E-state index in [1.165, 1.54) is 31.3 Å². The fraction of sp³-hybridized carbons (Fsp3) is 0.800. The molecule has 11 heavy (non-hydrogen) atoms. The molecular weight excluding hydrogens is 136 g/mol. The second kappa shape index (κ2) is 2.34. The Balaban J connectivity index is 2.27. The van der Waals surface area contributed by atoms with Crippen molar-refractivity contribution >= 4 is 0 Å². The molecule has 0 aliphatic heterocycles. The van der Waals surface area contributed by atoms with Gasteiger partial charge in [0.2, 0.25) is 0 Å². The summed E-state index contributed by atoms with van der Waals surface area (Å²) in [5.41, 5.74) is 2.00. The van der Waals surface area contributed by atoms with Crippen molar-refractivity contribution in [2.75, 3.05) is 0 Å². The van der Waals surface area contributed by atoms with Crippen LogP contribution in [0, 0.1) is 5.41 Å². The van der Waals surface area contributed by atoms with Gasteiger partial charge in [0.15, 0.2) is 0 Å². The SMILES string of the molecule is CC12CCCC1=CC(O)CC2. The Kier molecular flexibility index (Phi) is 1.57. The average molecular weight is 152 g/mol. The Morgan fingerprint density at radius 1 is 1.55 bits per heavy atom. The fourth-order valence-electron chi connectivity index (χ4n) is 2.48. The van der Waals surface area contributed by atoms with E-state index < -0.39 is 0 Å². The highest BCUT2D eigenvalue weighted by Gasteiger charge is 2.36. The van der Waals surface area contributed by atoms with E-state index in [0.29, 0.717) is 5.41 Å². The molecule has 1 saturated carbocycles. The second-order valence-electron chi connectivity index (χ2n) is 4.21. The van der Waals surface area contributed by atoms with Gasteiger partial charge in [-0.3, -0.25) is 0 Å². The summed E-state index contributed by atoms with van der Waals surface area (Å²) in [5.74, 6) is 0. The largest absolute Gasteiger partial charge is 0.389 e. The normalized spacial score (nSPS) is 43.5. The molecule has 1 heteroatoms. The lowest BCUT2D eigenvalue weighted by Crippen LogP contribution is -2.22. The number of hydrogen-bond acceptors (Lipinski definition) is 1. The van der Waals surface area contributed by atoms with E-state index in [-0.39, 0.29) is 6.10 Å². The Morgan fingerprint density at radius 3 is 3.18 bits per heavy atom. The molecule has 2 unspecified atom stereocenters. The van der Waals surface area contributed by atoms with E-state index in [1.54, 1.807) is 0 Å². The first-order valence-corrected chi connectivity index (χ1v) is 4.60. The van der Waals surface area contributed by atoms with Gasteiger partial charge >= 0.3 is 0 Å². The molecule has 0 spiro atoms. The van der Waals surface area contributed by atoms with Crippen molar-refractivity contribution in [2.24, 2.45) is 5.41 Å². The van der Waals surface area contributed by atoms with Crippen molar-refractivity contribution in [1.82, 2.24) is 0 Å². The molecule has 2 aliphatic rings. The van der Waals surface area contributed by atoms with E-state index in [4.69, 9.17) is 0 Å². The molecule has 1 fully saturated rings. The number of fused-ring (bicyclic) bond motifs is 1. The van der Waals surface area contributed by atoms with Crippen LogP contribution in [-0.2, 0) is 0 Å². The molecular formula is C10H16O. The Hall–Kier alpha value is -0.300. The number of allylic oxidation sites excluding steroid dienone is 1. The van der Waals surface area contributed by atoms with Crippen molar-refractivity contribution in [3.63, 3.8) is 0 Å². The van der Waals surface area contributed by atoms with E-state index in [0.717, 1.165) is 6.42 Å². The Morgan fingerprint density at radius 2 is 2.36 bits per heavy atom. The molecule has 0 aromatic heterocycles. The maximum atomic E-state index is 9.39. The predicted octanol–water partition coefficient (Wildman–Crippen LogP) is 2.26. The fourth-order valence-corrected chi connectivity index (χ4v) is 2.48. The molecule has 0 saturated heterocycles. The van der Waals surface area contributed by atoms with Gasteiger partial charge in [0.25, 0.3) is 0 Å². The third-order valence-electron chi connectivity index (χ3n) is 3.34. The first-order valence-electron chi connectivity index (χ1n) is 4.60. The molecule has 0 aromatic rings. The maximum Gasteiger partial charge on any atom is 0.0724 e. The van der Waals surface area contributed by atoms with Gasteiger partial charge in [-0.25, -0.2) is 0 Å². The molecule has 1 nitrogen and oxygen atoms in total. The summed E-state index contributed by atoms with van der Waals surface area (Å²) in [4.78, 5) is 0. The van der Waals surface area contributed by atoms with Gasteiger partial charge in [0.1, 0.15) is 0 Å². The quantitative estimate of drug-likeness (QED) is 0.528. The molecule has 0 amide bonds. The average Bonchev–Trinajstić information content (AvgIpc) is 2.31. The van der Waals surface area contributed by atoms with Crippen LogP contribution in [0.4, 0.5) is 0 Å². The van der Waals surface area contributed by atoms with Crippen LogP contribution >= 0.6 is 0 Å². The zero-order valence-corrected chi connectivity index (χ0v) is 7.14. The minimum atomic E-state index is -0.142. The number of hydrogen-bond donors (Lipinski definition) is 1. The molecule has 0 bridgehead atoms. The van der Waals surface area contributed by atoms with Crippen LogP contribution < -0.4 is 0 Å². The van der Waals surface area contributed by atoms with Crippen LogP contribution in [0.1, 0.15) is 39.0 Å². The van der Waals surface area contributed by atoms with Crippen LogP contribution in [-0.4, -0.2) is 11.2 Å². The highest BCUT2D eigenvalue weighted by Crippen LogP contribution is 2.48. The summed E-state index contributed by atoms with van der Waals surface area (Å²) in [6.45, 7) is 2.34. The van der Waals surface area contributed by atoms with E-state index >= 15 is 0 Å². The van der Waals surface area contributed by atoms with Gasteiger partial charge in [0.05, 0.1) is 6.10 Å². The zero-order chi connectivity index (χ0) is 7.90.